The Morgan fingerprint density at radius 2 is 1.77 bits per heavy atom. The topological polar surface area (TPSA) is 68.3 Å². The van der Waals surface area contributed by atoms with Crippen LogP contribution in [0, 0.1) is 0 Å². The summed E-state index contributed by atoms with van der Waals surface area (Å²) < 4.78 is 12.2. The normalized spacial score (nSPS) is 12.0. The van der Waals surface area contributed by atoms with Gasteiger partial charge in [-0.25, -0.2) is 4.68 Å². The predicted molar refractivity (Wildman–Crippen MR) is 121 cm³/mol. The Kier molecular flexibility index (Phi) is 5.54. The van der Waals surface area contributed by atoms with E-state index in [2.05, 4.69) is 28.3 Å². The van der Waals surface area contributed by atoms with Gasteiger partial charge in [0.25, 0.3) is 0 Å². The number of rotatable bonds is 5. The van der Waals surface area contributed by atoms with Crippen LogP contribution in [-0.4, -0.2) is 37.3 Å². The minimum Gasteiger partial charge on any atom is -0.504 e. The monoisotopic (exact) mass is 419 g/mol. The number of nitrogens with zero attached hydrogens (tertiary/aromatic N) is 3. The molecule has 7 heteroatoms. The summed E-state index contributed by atoms with van der Waals surface area (Å²) in [6.07, 6.45) is 1.69. The fourth-order valence-corrected chi connectivity index (χ4v) is 3.99. The molecular weight excluding hydrogens is 398 g/mol. The molecule has 0 aliphatic heterocycles. The smallest absolute Gasteiger partial charge is 0.205 e. The van der Waals surface area contributed by atoms with Gasteiger partial charge in [0, 0.05) is 18.0 Å². The molecule has 0 unspecified atom stereocenters. The number of benzene rings is 3. The zero-order valence-electron chi connectivity index (χ0n) is 16.9. The number of phenols is 1. The Morgan fingerprint density at radius 3 is 2.50 bits per heavy atom. The van der Waals surface area contributed by atoms with Gasteiger partial charge in [-0.2, -0.15) is 5.10 Å². The lowest BCUT2D eigenvalue weighted by atomic mass is 10.1. The molecule has 4 aromatic rings. The Hall–Kier alpha value is -3.58. The van der Waals surface area contributed by atoms with Crippen LogP contribution in [0.4, 0.5) is 0 Å². The first-order chi connectivity index (χ1) is 14.6. The standard InChI is InChI=1S/C23H21N3O3S/c1-24-23-26(25-13-15-4-9-22(29-3)21(27)10-15)20(14-30-23)18-6-5-17-12-19(28-2)8-7-16(17)11-18/h4-14,27H,1-3H3. The molecule has 1 N–H and O–H groups in total. The molecule has 30 heavy (non-hydrogen) atoms. The van der Waals surface area contributed by atoms with Gasteiger partial charge in [-0.1, -0.05) is 18.2 Å². The Balaban J connectivity index is 1.75. The van der Waals surface area contributed by atoms with E-state index in [0.29, 0.717) is 5.75 Å². The van der Waals surface area contributed by atoms with Crippen molar-refractivity contribution < 1.29 is 14.6 Å². The number of aromatic nitrogens is 1. The molecule has 0 spiro atoms. The third-order valence-corrected chi connectivity index (χ3v) is 5.65. The Labute approximate surface area is 178 Å². The van der Waals surface area contributed by atoms with Gasteiger partial charge in [-0.3, -0.25) is 4.99 Å². The van der Waals surface area contributed by atoms with Crippen molar-refractivity contribution in [3.63, 3.8) is 0 Å². The third kappa shape index (κ3) is 3.79. The summed E-state index contributed by atoms with van der Waals surface area (Å²) in [5.41, 5.74) is 2.73. The molecule has 0 saturated carbocycles. The van der Waals surface area contributed by atoms with E-state index in [1.54, 1.807) is 37.2 Å². The summed E-state index contributed by atoms with van der Waals surface area (Å²) >= 11 is 1.52. The second-order valence-electron chi connectivity index (χ2n) is 6.54. The number of hydrogen-bond acceptors (Lipinski definition) is 6. The zero-order chi connectivity index (χ0) is 21.1. The van der Waals surface area contributed by atoms with Crippen LogP contribution in [0.15, 0.2) is 70.1 Å². The molecule has 0 aliphatic carbocycles. The summed E-state index contributed by atoms with van der Waals surface area (Å²) in [7, 11) is 4.93. The van der Waals surface area contributed by atoms with Gasteiger partial charge in [-0.15, -0.1) is 11.3 Å². The lowest BCUT2D eigenvalue weighted by molar-refractivity contribution is 0.373. The minimum atomic E-state index is 0.0716. The van der Waals surface area contributed by atoms with Crippen LogP contribution in [0.3, 0.4) is 0 Å². The van der Waals surface area contributed by atoms with Gasteiger partial charge >= 0.3 is 0 Å². The fourth-order valence-electron chi connectivity index (χ4n) is 3.18. The summed E-state index contributed by atoms with van der Waals surface area (Å²) in [5.74, 6) is 1.33. The lowest BCUT2D eigenvalue weighted by Gasteiger charge is -2.07. The summed E-state index contributed by atoms with van der Waals surface area (Å²) in [6, 6.07) is 17.4. The van der Waals surface area contributed by atoms with E-state index in [9.17, 15) is 5.11 Å². The molecule has 0 saturated heterocycles. The maximum absolute atomic E-state index is 10.0. The van der Waals surface area contributed by atoms with Gasteiger partial charge in [0.05, 0.1) is 26.1 Å². The highest BCUT2D eigenvalue weighted by Gasteiger charge is 2.09. The lowest BCUT2D eigenvalue weighted by Crippen LogP contribution is -2.11. The number of phenolic OH excluding ortho intramolecular Hbond substituents is 1. The van der Waals surface area contributed by atoms with Crippen molar-refractivity contribution in [2.75, 3.05) is 21.3 Å². The first kappa shape index (κ1) is 19.7. The highest BCUT2D eigenvalue weighted by Crippen LogP contribution is 2.28. The molecule has 0 atom stereocenters. The molecule has 0 bridgehead atoms. The quantitative estimate of drug-likeness (QED) is 0.484. The number of ether oxygens (including phenoxy) is 2. The van der Waals surface area contributed by atoms with Gasteiger partial charge in [-0.05, 0) is 52.7 Å². The SMILES string of the molecule is CN=c1scc(-c2ccc3cc(OC)ccc3c2)n1N=Cc1ccc(OC)c(O)c1. The predicted octanol–water partition coefficient (Wildman–Crippen LogP) is 4.51. The van der Waals surface area contributed by atoms with Gasteiger partial charge in [0.15, 0.2) is 11.5 Å². The summed E-state index contributed by atoms with van der Waals surface area (Å²) in [6.45, 7) is 0. The molecular formula is C23H21N3O3S. The minimum absolute atomic E-state index is 0.0716. The number of thiazole rings is 1. The summed E-state index contributed by atoms with van der Waals surface area (Å²) in [5, 5.41) is 18.9. The Morgan fingerprint density at radius 1 is 0.967 bits per heavy atom. The fraction of sp³-hybridized carbons (Fsp3) is 0.130. The van der Waals surface area contributed by atoms with Crippen LogP contribution < -0.4 is 14.3 Å². The number of aromatic hydroxyl groups is 1. The van der Waals surface area contributed by atoms with E-state index in [4.69, 9.17) is 9.47 Å². The van der Waals surface area contributed by atoms with Crippen molar-refractivity contribution in [3.05, 3.63) is 70.3 Å². The number of hydrogen-bond donors (Lipinski definition) is 1. The molecule has 4 rings (SSSR count). The second kappa shape index (κ2) is 8.42. The Bertz CT molecular complexity index is 1300. The average Bonchev–Trinajstić information content (AvgIpc) is 3.20. The van der Waals surface area contributed by atoms with Crippen LogP contribution >= 0.6 is 11.3 Å². The van der Waals surface area contributed by atoms with Gasteiger partial charge < -0.3 is 14.6 Å². The second-order valence-corrected chi connectivity index (χ2v) is 7.38. The van der Waals surface area contributed by atoms with Crippen LogP contribution in [0.2, 0.25) is 0 Å². The highest BCUT2D eigenvalue weighted by molar-refractivity contribution is 7.07. The maximum atomic E-state index is 10.0. The van der Waals surface area contributed by atoms with E-state index in [-0.39, 0.29) is 5.75 Å². The van der Waals surface area contributed by atoms with E-state index in [1.807, 2.05) is 29.6 Å². The molecule has 152 valence electrons. The number of methoxy groups -OCH3 is 2. The largest absolute Gasteiger partial charge is 0.504 e. The molecule has 0 radical (unpaired) electrons. The first-order valence-corrected chi connectivity index (χ1v) is 10.1. The molecule has 0 aliphatic rings. The van der Waals surface area contributed by atoms with Crippen LogP contribution in [0.25, 0.3) is 22.0 Å². The molecule has 0 amide bonds. The van der Waals surface area contributed by atoms with E-state index >= 15 is 0 Å². The molecule has 6 nitrogen and oxygen atoms in total. The zero-order valence-corrected chi connectivity index (χ0v) is 17.7. The molecule has 1 aromatic heterocycles. The molecule has 0 fully saturated rings. The van der Waals surface area contributed by atoms with Crippen molar-refractivity contribution in [3.8, 4) is 28.5 Å². The van der Waals surface area contributed by atoms with Crippen molar-refractivity contribution in [1.82, 2.24) is 4.68 Å². The van der Waals surface area contributed by atoms with Crippen molar-refractivity contribution in [2.24, 2.45) is 10.1 Å². The maximum Gasteiger partial charge on any atom is 0.205 e. The first-order valence-electron chi connectivity index (χ1n) is 9.26. The van der Waals surface area contributed by atoms with E-state index in [1.165, 1.54) is 18.4 Å². The summed E-state index contributed by atoms with van der Waals surface area (Å²) in [4.78, 5) is 5.11. The van der Waals surface area contributed by atoms with Gasteiger partial charge in [0.2, 0.25) is 4.80 Å². The van der Waals surface area contributed by atoms with Gasteiger partial charge in [0.1, 0.15) is 5.75 Å². The van der Waals surface area contributed by atoms with E-state index < -0.39 is 0 Å². The van der Waals surface area contributed by atoms with Crippen molar-refractivity contribution in [1.29, 1.82) is 0 Å². The van der Waals surface area contributed by atoms with Crippen molar-refractivity contribution >= 4 is 28.3 Å². The number of fused-ring (bicyclic) bond motifs is 1. The van der Waals surface area contributed by atoms with Crippen LogP contribution in [-0.2, 0) is 0 Å². The van der Waals surface area contributed by atoms with Crippen LogP contribution in [0.5, 0.6) is 17.2 Å². The molecule has 3 aromatic carbocycles. The average molecular weight is 420 g/mol. The van der Waals surface area contributed by atoms with Crippen molar-refractivity contribution in [2.45, 2.75) is 0 Å². The third-order valence-electron chi connectivity index (χ3n) is 4.74. The highest BCUT2D eigenvalue weighted by atomic mass is 32.1. The van der Waals surface area contributed by atoms with E-state index in [0.717, 1.165) is 38.1 Å². The molecule has 1 heterocycles. The van der Waals surface area contributed by atoms with Crippen LogP contribution in [0.1, 0.15) is 5.56 Å².